The monoisotopic (exact) mass is 333 g/mol. The van der Waals surface area contributed by atoms with E-state index < -0.39 is 0 Å². The lowest BCUT2D eigenvalue weighted by atomic mass is 9.94. The van der Waals surface area contributed by atoms with E-state index in [0.29, 0.717) is 5.75 Å². The average Bonchev–Trinajstić information content (AvgIpc) is 2.82. The van der Waals surface area contributed by atoms with Gasteiger partial charge in [-0.25, -0.2) is 4.98 Å². The van der Waals surface area contributed by atoms with Crippen LogP contribution >= 0.6 is 39.0 Å². The van der Waals surface area contributed by atoms with Gasteiger partial charge in [-0.3, -0.25) is 0 Å². The molecule has 0 N–H and O–H groups in total. The maximum Gasteiger partial charge on any atom is 0.204 e. The molecule has 0 aromatic carbocycles. The van der Waals surface area contributed by atoms with Crippen LogP contribution in [0.4, 0.5) is 0 Å². The van der Waals surface area contributed by atoms with Crippen LogP contribution in [-0.2, 0) is 11.2 Å². The first-order chi connectivity index (χ1) is 7.95. The van der Waals surface area contributed by atoms with Gasteiger partial charge < -0.3 is 4.42 Å². The Morgan fingerprint density at radius 2 is 2.18 bits per heavy atom. The molecule has 0 unspecified atom stereocenters. The SMILES string of the molecule is CC(C)(C)c1cnc(CSc2nnc(Br)s2)o1. The first kappa shape index (κ1) is 13.0. The molecule has 2 heterocycles. The van der Waals surface area contributed by atoms with Gasteiger partial charge in [0.2, 0.25) is 5.89 Å². The number of hydrogen-bond acceptors (Lipinski definition) is 6. The van der Waals surface area contributed by atoms with Crippen LogP contribution in [0, 0.1) is 0 Å². The predicted molar refractivity (Wildman–Crippen MR) is 72.4 cm³/mol. The largest absolute Gasteiger partial charge is 0.444 e. The van der Waals surface area contributed by atoms with Crippen LogP contribution < -0.4 is 0 Å². The Kier molecular flexibility index (Phi) is 3.89. The molecule has 2 rings (SSSR count). The topological polar surface area (TPSA) is 51.8 Å². The van der Waals surface area contributed by atoms with Crippen molar-refractivity contribution < 1.29 is 4.42 Å². The summed E-state index contributed by atoms with van der Waals surface area (Å²) >= 11 is 6.37. The molecule has 0 aliphatic rings. The molecule has 92 valence electrons. The third-order valence-corrected chi connectivity index (χ3v) is 4.47. The molecular formula is C10H12BrN3OS2. The lowest BCUT2D eigenvalue weighted by Gasteiger charge is -2.12. The van der Waals surface area contributed by atoms with E-state index >= 15 is 0 Å². The van der Waals surface area contributed by atoms with E-state index in [4.69, 9.17) is 4.42 Å². The maximum atomic E-state index is 5.69. The summed E-state index contributed by atoms with van der Waals surface area (Å²) in [5, 5.41) is 7.89. The van der Waals surface area contributed by atoms with Gasteiger partial charge in [0, 0.05) is 5.41 Å². The lowest BCUT2D eigenvalue weighted by Crippen LogP contribution is -2.09. The highest BCUT2D eigenvalue weighted by atomic mass is 79.9. The van der Waals surface area contributed by atoms with Crippen molar-refractivity contribution in [1.82, 2.24) is 15.2 Å². The number of rotatable bonds is 3. The molecule has 0 amide bonds. The number of aromatic nitrogens is 3. The second-order valence-electron chi connectivity index (χ2n) is 4.48. The highest BCUT2D eigenvalue weighted by Crippen LogP contribution is 2.29. The Morgan fingerprint density at radius 1 is 1.41 bits per heavy atom. The minimum absolute atomic E-state index is 0.00167. The fourth-order valence-electron chi connectivity index (χ4n) is 1.10. The lowest BCUT2D eigenvalue weighted by molar-refractivity contribution is 0.391. The minimum atomic E-state index is 0.00167. The summed E-state index contributed by atoms with van der Waals surface area (Å²) < 4.78 is 7.39. The summed E-state index contributed by atoms with van der Waals surface area (Å²) in [5.74, 6) is 2.32. The summed E-state index contributed by atoms with van der Waals surface area (Å²) in [6.45, 7) is 6.31. The molecule has 0 bridgehead atoms. The molecule has 0 aliphatic carbocycles. The summed E-state index contributed by atoms with van der Waals surface area (Å²) in [6.07, 6.45) is 1.80. The average molecular weight is 334 g/mol. The Bertz CT molecular complexity index is 504. The van der Waals surface area contributed by atoms with Crippen molar-refractivity contribution in [1.29, 1.82) is 0 Å². The Morgan fingerprint density at radius 3 is 2.71 bits per heavy atom. The van der Waals surface area contributed by atoms with Gasteiger partial charge in [-0.05, 0) is 15.9 Å². The number of oxazole rings is 1. The van der Waals surface area contributed by atoms with Crippen LogP contribution in [0.5, 0.6) is 0 Å². The standard InChI is InChI=1S/C10H12BrN3OS2/c1-10(2,3)6-4-12-7(15-6)5-16-9-14-13-8(11)17-9/h4H,5H2,1-3H3. The number of halogens is 1. The smallest absolute Gasteiger partial charge is 0.204 e. The maximum absolute atomic E-state index is 5.69. The van der Waals surface area contributed by atoms with Crippen molar-refractivity contribution in [3.8, 4) is 0 Å². The van der Waals surface area contributed by atoms with Crippen molar-refractivity contribution in [2.24, 2.45) is 0 Å². The Labute approximate surface area is 116 Å². The Balaban J connectivity index is 1.98. The molecule has 2 aromatic heterocycles. The van der Waals surface area contributed by atoms with Gasteiger partial charge in [0.05, 0.1) is 11.9 Å². The summed E-state index contributed by atoms with van der Waals surface area (Å²) in [5.41, 5.74) is 0.00167. The quantitative estimate of drug-likeness (QED) is 0.798. The van der Waals surface area contributed by atoms with Gasteiger partial charge in [0.25, 0.3) is 0 Å². The molecule has 17 heavy (non-hydrogen) atoms. The van der Waals surface area contributed by atoms with E-state index in [1.165, 1.54) is 11.3 Å². The molecule has 2 aromatic rings. The minimum Gasteiger partial charge on any atom is -0.444 e. The molecule has 4 nitrogen and oxygen atoms in total. The zero-order chi connectivity index (χ0) is 12.5. The molecule has 0 saturated carbocycles. The first-order valence-corrected chi connectivity index (χ1v) is 7.61. The second kappa shape index (κ2) is 5.07. The van der Waals surface area contributed by atoms with Crippen LogP contribution in [0.1, 0.15) is 32.4 Å². The molecule has 0 aliphatic heterocycles. The van der Waals surface area contributed by atoms with Crippen molar-refractivity contribution >= 4 is 39.0 Å². The predicted octanol–water partition coefficient (Wildman–Crippen LogP) is 3.88. The van der Waals surface area contributed by atoms with Crippen LogP contribution in [0.15, 0.2) is 18.9 Å². The van der Waals surface area contributed by atoms with Gasteiger partial charge in [-0.2, -0.15) is 0 Å². The zero-order valence-electron chi connectivity index (χ0n) is 9.73. The molecule has 0 fully saturated rings. The molecule has 0 radical (unpaired) electrons. The van der Waals surface area contributed by atoms with Gasteiger partial charge in [-0.1, -0.05) is 43.9 Å². The van der Waals surface area contributed by atoms with E-state index in [1.54, 1.807) is 18.0 Å². The highest BCUT2D eigenvalue weighted by Gasteiger charge is 2.19. The van der Waals surface area contributed by atoms with Crippen molar-refractivity contribution in [2.75, 3.05) is 0 Å². The third-order valence-electron chi connectivity index (χ3n) is 1.99. The summed E-state index contributed by atoms with van der Waals surface area (Å²) in [7, 11) is 0. The van der Waals surface area contributed by atoms with Gasteiger partial charge in [0.15, 0.2) is 8.26 Å². The van der Waals surface area contributed by atoms with Crippen LogP contribution in [-0.4, -0.2) is 15.2 Å². The molecule has 7 heteroatoms. The number of nitrogens with zero attached hydrogens (tertiary/aromatic N) is 3. The van der Waals surface area contributed by atoms with E-state index in [-0.39, 0.29) is 5.41 Å². The van der Waals surface area contributed by atoms with E-state index in [9.17, 15) is 0 Å². The van der Waals surface area contributed by atoms with Crippen LogP contribution in [0.2, 0.25) is 0 Å². The van der Waals surface area contributed by atoms with Crippen molar-refractivity contribution in [3.05, 3.63) is 21.8 Å². The van der Waals surface area contributed by atoms with E-state index in [0.717, 1.165) is 19.9 Å². The van der Waals surface area contributed by atoms with Crippen LogP contribution in [0.3, 0.4) is 0 Å². The van der Waals surface area contributed by atoms with Gasteiger partial charge >= 0.3 is 0 Å². The third kappa shape index (κ3) is 3.53. The van der Waals surface area contributed by atoms with Crippen molar-refractivity contribution in [3.63, 3.8) is 0 Å². The number of hydrogen-bond donors (Lipinski definition) is 0. The van der Waals surface area contributed by atoms with Crippen molar-refractivity contribution in [2.45, 2.75) is 36.3 Å². The normalized spacial score (nSPS) is 12.0. The highest BCUT2D eigenvalue weighted by molar-refractivity contribution is 9.11. The fourth-order valence-corrected chi connectivity index (χ4v) is 3.39. The Hall–Kier alpha value is -0.400. The van der Waals surface area contributed by atoms with E-state index in [1.807, 2.05) is 0 Å². The molecule has 0 atom stereocenters. The molecule has 0 spiro atoms. The van der Waals surface area contributed by atoms with Crippen LogP contribution in [0.25, 0.3) is 0 Å². The fraction of sp³-hybridized carbons (Fsp3) is 0.500. The first-order valence-electron chi connectivity index (χ1n) is 5.02. The number of thioether (sulfide) groups is 1. The van der Waals surface area contributed by atoms with E-state index in [2.05, 4.69) is 51.9 Å². The zero-order valence-corrected chi connectivity index (χ0v) is 12.9. The molecule has 0 saturated heterocycles. The second-order valence-corrected chi connectivity index (χ2v) is 7.95. The molecular weight excluding hydrogens is 322 g/mol. The van der Waals surface area contributed by atoms with Gasteiger partial charge in [-0.15, -0.1) is 10.2 Å². The summed E-state index contributed by atoms with van der Waals surface area (Å²) in [6, 6.07) is 0. The summed E-state index contributed by atoms with van der Waals surface area (Å²) in [4.78, 5) is 4.26. The van der Waals surface area contributed by atoms with Gasteiger partial charge in [0.1, 0.15) is 5.76 Å².